The van der Waals surface area contributed by atoms with Crippen molar-refractivity contribution in [2.24, 2.45) is 5.92 Å². The summed E-state index contributed by atoms with van der Waals surface area (Å²) < 4.78 is 4.97. The van der Waals surface area contributed by atoms with Crippen LogP contribution in [0.1, 0.15) is 24.2 Å². The van der Waals surface area contributed by atoms with E-state index in [1.807, 2.05) is 0 Å². The molecule has 0 aliphatic rings. The summed E-state index contributed by atoms with van der Waals surface area (Å²) in [6, 6.07) is 3.31. The molecule has 114 valence electrons. The molecule has 0 aliphatic heterocycles. The SMILES string of the molecule is COc1cccc([N+](=O)[O-])c1C(=O)NC(C)C(C)C(=O)O. The fraction of sp³-hybridized carbons (Fsp3) is 0.385. The molecular formula is C13H16N2O6. The Labute approximate surface area is 120 Å². The van der Waals surface area contributed by atoms with E-state index in [0.717, 1.165) is 0 Å². The fourth-order valence-electron chi connectivity index (χ4n) is 1.69. The van der Waals surface area contributed by atoms with Crippen LogP contribution >= 0.6 is 0 Å². The number of nitrogens with zero attached hydrogens (tertiary/aromatic N) is 1. The zero-order valence-electron chi connectivity index (χ0n) is 11.8. The quantitative estimate of drug-likeness (QED) is 0.605. The van der Waals surface area contributed by atoms with Gasteiger partial charge in [0.2, 0.25) is 0 Å². The second-order valence-electron chi connectivity index (χ2n) is 4.50. The van der Waals surface area contributed by atoms with Gasteiger partial charge in [-0.05, 0) is 19.9 Å². The predicted molar refractivity (Wildman–Crippen MR) is 73.4 cm³/mol. The number of carboxylic acids is 1. The van der Waals surface area contributed by atoms with Gasteiger partial charge in [-0.3, -0.25) is 19.7 Å². The number of amides is 1. The lowest BCUT2D eigenvalue weighted by molar-refractivity contribution is -0.385. The number of hydrogen-bond acceptors (Lipinski definition) is 5. The van der Waals surface area contributed by atoms with Crippen LogP contribution in [0.4, 0.5) is 5.69 Å². The lowest BCUT2D eigenvalue weighted by atomic mass is 10.0. The van der Waals surface area contributed by atoms with Crippen LogP contribution in [0.2, 0.25) is 0 Å². The molecular weight excluding hydrogens is 280 g/mol. The van der Waals surface area contributed by atoms with Gasteiger partial charge in [0.1, 0.15) is 5.75 Å². The highest BCUT2D eigenvalue weighted by molar-refractivity contribution is 6.01. The standard InChI is InChI=1S/C13H16N2O6/c1-7(13(17)18)8(2)14-12(16)11-9(15(19)20)5-4-6-10(11)21-3/h4-8H,1-3H3,(H,14,16)(H,17,18). The Kier molecular flexibility index (Phi) is 5.23. The first-order valence-corrected chi connectivity index (χ1v) is 6.14. The first-order valence-electron chi connectivity index (χ1n) is 6.14. The zero-order valence-corrected chi connectivity index (χ0v) is 11.8. The maximum absolute atomic E-state index is 12.2. The molecule has 0 aromatic heterocycles. The van der Waals surface area contributed by atoms with E-state index in [4.69, 9.17) is 9.84 Å². The summed E-state index contributed by atoms with van der Waals surface area (Å²) in [5.74, 6) is -2.60. The van der Waals surface area contributed by atoms with E-state index in [0.29, 0.717) is 0 Å². The van der Waals surface area contributed by atoms with Gasteiger partial charge in [-0.2, -0.15) is 0 Å². The maximum atomic E-state index is 12.2. The largest absolute Gasteiger partial charge is 0.496 e. The Bertz CT molecular complexity index is 572. The lowest BCUT2D eigenvalue weighted by Gasteiger charge is -2.18. The number of carboxylic acid groups (broad SMARTS) is 1. The fourth-order valence-corrected chi connectivity index (χ4v) is 1.69. The van der Waals surface area contributed by atoms with Crippen molar-refractivity contribution in [1.29, 1.82) is 0 Å². The number of nitro benzene ring substituents is 1. The summed E-state index contributed by atoms with van der Waals surface area (Å²) in [7, 11) is 1.29. The minimum Gasteiger partial charge on any atom is -0.496 e. The Morgan fingerprint density at radius 1 is 1.38 bits per heavy atom. The van der Waals surface area contributed by atoms with Gasteiger partial charge in [0.25, 0.3) is 11.6 Å². The van der Waals surface area contributed by atoms with E-state index in [-0.39, 0.29) is 11.3 Å². The number of carbonyl (C=O) groups is 2. The Hall–Kier alpha value is -2.64. The average Bonchev–Trinajstić information content (AvgIpc) is 2.44. The minimum atomic E-state index is -1.07. The first-order chi connectivity index (χ1) is 9.79. The number of nitro groups is 1. The summed E-state index contributed by atoms with van der Waals surface area (Å²) in [6.07, 6.45) is 0. The van der Waals surface area contributed by atoms with Crippen molar-refractivity contribution in [1.82, 2.24) is 5.32 Å². The third-order valence-corrected chi connectivity index (χ3v) is 3.15. The Morgan fingerprint density at radius 3 is 2.48 bits per heavy atom. The molecule has 0 heterocycles. The number of rotatable bonds is 6. The van der Waals surface area contributed by atoms with Gasteiger partial charge in [0.15, 0.2) is 5.56 Å². The van der Waals surface area contributed by atoms with Crippen LogP contribution in [0.3, 0.4) is 0 Å². The number of benzene rings is 1. The molecule has 0 saturated carbocycles. The molecule has 0 saturated heterocycles. The molecule has 8 heteroatoms. The van der Waals surface area contributed by atoms with Gasteiger partial charge in [-0.15, -0.1) is 0 Å². The van der Waals surface area contributed by atoms with Crippen molar-refractivity contribution in [2.75, 3.05) is 7.11 Å². The van der Waals surface area contributed by atoms with Gasteiger partial charge in [-0.1, -0.05) is 6.07 Å². The molecule has 0 radical (unpaired) electrons. The number of hydrogen-bond donors (Lipinski definition) is 2. The second kappa shape index (κ2) is 6.69. The van der Waals surface area contributed by atoms with E-state index in [9.17, 15) is 19.7 Å². The van der Waals surface area contributed by atoms with Crippen molar-refractivity contribution >= 4 is 17.6 Å². The maximum Gasteiger partial charge on any atom is 0.308 e. The van der Waals surface area contributed by atoms with Crippen molar-refractivity contribution in [3.63, 3.8) is 0 Å². The highest BCUT2D eigenvalue weighted by atomic mass is 16.6. The van der Waals surface area contributed by atoms with E-state index in [2.05, 4.69) is 5.32 Å². The molecule has 1 amide bonds. The third kappa shape index (κ3) is 3.68. The van der Waals surface area contributed by atoms with Crippen LogP contribution in [0.25, 0.3) is 0 Å². The highest BCUT2D eigenvalue weighted by Crippen LogP contribution is 2.28. The zero-order chi connectivity index (χ0) is 16.2. The summed E-state index contributed by atoms with van der Waals surface area (Å²) >= 11 is 0. The number of methoxy groups -OCH3 is 1. The van der Waals surface area contributed by atoms with E-state index in [1.165, 1.54) is 39.2 Å². The van der Waals surface area contributed by atoms with Gasteiger partial charge in [0.05, 0.1) is 18.0 Å². The molecule has 21 heavy (non-hydrogen) atoms. The highest BCUT2D eigenvalue weighted by Gasteiger charge is 2.28. The van der Waals surface area contributed by atoms with Crippen LogP contribution in [0.5, 0.6) is 5.75 Å². The smallest absolute Gasteiger partial charge is 0.308 e. The van der Waals surface area contributed by atoms with E-state index < -0.39 is 34.4 Å². The molecule has 1 aromatic carbocycles. The normalized spacial score (nSPS) is 13.1. The average molecular weight is 296 g/mol. The molecule has 0 fully saturated rings. The predicted octanol–water partition coefficient (Wildman–Crippen LogP) is 1.44. The summed E-state index contributed by atoms with van der Waals surface area (Å²) in [6.45, 7) is 2.95. The first kappa shape index (κ1) is 16.4. The molecule has 0 aliphatic carbocycles. The van der Waals surface area contributed by atoms with Gasteiger partial charge in [0, 0.05) is 12.1 Å². The van der Waals surface area contributed by atoms with Crippen LogP contribution < -0.4 is 10.1 Å². The van der Waals surface area contributed by atoms with Crippen LogP contribution in [-0.4, -0.2) is 35.1 Å². The minimum absolute atomic E-state index is 0.0527. The molecule has 1 aromatic rings. The summed E-state index contributed by atoms with van der Waals surface area (Å²) in [4.78, 5) is 33.4. The van der Waals surface area contributed by atoms with Crippen LogP contribution in [-0.2, 0) is 4.79 Å². The molecule has 1 rings (SSSR count). The molecule has 0 bridgehead atoms. The molecule has 0 spiro atoms. The topological polar surface area (TPSA) is 119 Å². The second-order valence-corrected chi connectivity index (χ2v) is 4.50. The van der Waals surface area contributed by atoms with Crippen LogP contribution in [0.15, 0.2) is 18.2 Å². The van der Waals surface area contributed by atoms with Gasteiger partial charge < -0.3 is 15.2 Å². The molecule has 8 nitrogen and oxygen atoms in total. The van der Waals surface area contributed by atoms with Crippen molar-refractivity contribution in [3.05, 3.63) is 33.9 Å². The molecule has 2 atom stereocenters. The van der Waals surface area contributed by atoms with E-state index in [1.54, 1.807) is 0 Å². The summed E-state index contributed by atoms with van der Waals surface area (Å²) in [5.41, 5.74) is -0.628. The van der Waals surface area contributed by atoms with Gasteiger partial charge in [-0.25, -0.2) is 0 Å². The van der Waals surface area contributed by atoms with Crippen molar-refractivity contribution in [2.45, 2.75) is 19.9 Å². The molecule has 2 unspecified atom stereocenters. The summed E-state index contributed by atoms with van der Waals surface area (Å²) in [5, 5.41) is 22.3. The van der Waals surface area contributed by atoms with E-state index >= 15 is 0 Å². The van der Waals surface area contributed by atoms with Crippen molar-refractivity contribution in [3.8, 4) is 5.75 Å². The lowest BCUT2D eigenvalue weighted by Crippen LogP contribution is -2.40. The van der Waals surface area contributed by atoms with Crippen LogP contribution in [0, 0.1) is 16.0 Å². The van der Waals surface area contributed by atoms with Gasteiger partial charge >= 0.3 is 5.97 Å². The number of aliphatic carboxylic acids is 1. The number of nitrogens with one attached hydrogen (secondary N) is 1. The number of carbonyl (C=O) groups excluding carboxylic acids is 1. The van der Waals surface area contributed by atoms with Crippen molar-refractivity contribution < 1.29 is 24.4 Å². The third-order valence-electron chi connectivity index (χ3n) is 3.15. The number of ether oxygens (including phenoxy) is 1. The molecule has 2 N–H and O–H groups in total. The Balaban J connectivity index is 3.12. The Morgan fingerprint density at radius 2 is 2.00 bits per heavy atom. The monoisotopic (exact) mass is 296 g/mol.